The topological polar surface area (TPSA) is 146 Å². The second-order valence-corrected chi connectivity index (χ2v) is 18.7. The van der Waals surface area contributed by atoms with Gasteiger partial charge in [0.05, 0.1) is 48.4 Å². The predicted molar refractivity (Wildman–Crippen MR) is 227 cm³/mol. The van der Waals surface area contributed by atoms with Crippen molar-refractivity contribution in [2.24, 2.45) is 34.6 Å². The van der Waals surface area contributed by atoms with E-state index >= 15 is 0 Å². The maximum atomic E-state index is 13.8. The molecule has 2 N–H and O–H groups in total. The number of aliphatic imine (C=N–C) groups is 1. The molecule has 2 saturated heterocycles. The summed E-state index contributed by atoms with van der Waals surface area (Å²) in [6.07, 6.45) is 1.64. The van der Waals surface area contributed by atoms with Crippen LogP contribution >= 0.6 is 22.7 Å². The standard InChI is InChI=1S/C44H54N6O6S2/c1-23(2)32(20-39(51)55-9)42(52)49-21-25(5)15-35(49)34-17-29(27(7)45-34)11-12-30-18-37-38(57-30)19-31(58-37)13-14-33-28(8)46-41(47-33)36-16-26(6)22-50(36)43(53)40(24(3)4)48-44(54)56-10/h18-19,23-26,32,35-36,40H,15-17,20-22H2,1-10H3,(H,46,47)(H,48,54)/t25-,26-,32-,35-,36-,40-/m0/s1. The van der Waals surface area contributed by atoms with Gasteiger partial charge in [0.1, 0.15) is 17.6 Å². The van der Waals surface area contributed by atoms with Crippen LogP contribution in [0, 0.1) is 60.2 Å². The van der Waals surface area contributed by atoms with Gasteiger partial charge in [0.2, 0.25) is 11.8 Å². The molecule has 0 aliphatic carbocycles. The molecular weight excluding hydrogens is 773 g/mol. The Labute approximate surface area is 349 Å². The van der Waals surface area contributed by atoms with Crippen molar-refractivity contribution in [3.05, 3.63) is 50.4 Å². The van der Waals surface area contributed by atoms with E-state index in [1.54, 1.807) is 22.7 Å². The lowest BCUT2D eigenvalue weighted by Gasteiger charge is -2.30. The molecule has 0 unspecified atom stereocenters. The second-order valence-electron chi connectivity index (χ2n) is 16.6. The van der Waals surface area contributed by atoms with Crippen molar-refractivity contribution in [2.45, 2.75) is 99.2 Å². The number of amides is 3. The Kier molecular flexibility index (Phi) is 13.2. The van der Waals surface area contributed by atoms with Gasteiger partial charge in [-0.3, -0.25) is 19.4 Å². The first-order chi connectivity index (χ1) is 27.6. The summed E-state index contributed by atoms with van der Waals surface area (Å²) in [4.78, 5) is 70.4. The maximum Gasteiger partial charge on any atom is 0.407 e. The monoisotopic (exact) mass is 826 g/mol. The lowest BCUT2D eigenvalue weighted by atomic mass is 9.90. The molecule has 3 aromatic heterocycles. The number of methoxy groups -OCH3 is 2. The maximum absolute atomic E-state index is 13.8. The Morgan fingerprint density at radius 2 is 1.47 bits per heavy atom. The van der Waals surface area contributed by atoms with Crippen molar-refractivity contribution >= 4 is 61.7 Å². The van der Waals surface area contributed by atoms with E-state index in [1.165, 1.54) is 14.2 Å². The molecule has 6 rings (SSSR count). The summed E-state index contributed by atoms with van der Waals surface area (Å²) in [7, 11) is 2.65. The van der Waals surface area contributed by atoms with Gasteiger partial charge >= 0.3 is 12.1 Å². The van der Waals surface area contributed by atoms with Gasteiger partial charge in [-0.25, -0.2) is 9.78 Å². The number of allylic oxidation sites excluding steroid dienone is 2. The molecule has 2 fully saturated rings. The smallest absolute Gasteiger partial charge is 0.407 e. The van der Waals surface area contributed by atoms with Gasteiger partial charge in [-0.1, -0.05) is 53.4 Å². The number of fused-ring (bicyclic) bond motifs is 1. The first kappa shape index (κ1) is 42.7. The zero-order valence-corrected chi connectivity index (χ0v) is 36.7. The number of likely N-dealkylation sites (tertiary alicyclic amines) is 2. The fraction of sp³-hybridized carbons (Fsp3) is 0.545. The number of imidazole rings is 1. The quantitative estimate of drug-likeness (QED) is 0.171. The van der Waals surface area contributed by atoms with Crippen molar-refractivity contribution in [1.82, 2.24) is 25.1 Å². The first-order valence-corrected chi connectivity index (χ1v) is 21.6. The van der Waals surface area contributed by atoms with Crippen LogP contribution in [0.4, 0.5) is 4.79 Å². The summed E-state index contributed by atoms with van der Waals surface area (Å²) in [6.45, 7) is 17.2. The van der Waals surface area contributed by atoms with Gasteiger partial charge in [0.25, 0.3) is 0 Å². The number of hydrogen-bond acceptors (Lipinski definition) is 10. The van der Waals surface area contributed by atoms with E-state index in [2.05, 4.69) is 60.0 Å². The molecule has 6 atom stereocenters. The van der Waals surface area contributed by atoms with Gasteiger partial charge in [0, 0.05) is 51.6 Å². The number of carbonyl (C=O) groups is 4. The van der Waals surface area contributed by atoms with Crippen LogP contribution in [-0.2, 0) is 23.9 Å². The molecule has 3 aliphatic rings. The van der Waals surface area contributed by atoms with Crippen LogP contribution in [0.1, 0.15) is 107 Å². The Morgan fingerprint density at radius 3 is 2.05 bits per heavy atom. The third-order valence-electron chi connectivity index (χ3n) is 11.3. The molecule has 14 heteroatoms. The highest BCUT2D eigenvalue weighted by Crippen LogP contribution is 2.37. The largest absolute Gasteiger partial charge is 0.469 e. The highest BCUT2D eigenvalue weighted by Gasteiger charge is 2.42. The van der Waals surface area contributed by atoms with Crippen molar-refractivity contribution in [3.63, 3.8) is 0 Å². The van der Waals surface area contributed by atoms with E-state index < -0.39 is 18.1 Å². The summed E-state index contributed by atoms with van der Waals surface area (Å²) in [6, 6.07) is 3.12. The van der Waals surface area contributed by atoms with Crippen LogP contribution in [0.5, 0.6) is 0 Å². The minimum Gasteiger partial charge on any atom is -0.469 e. The van der Waals surface area contributed by atoms with Crippen LogP contribution in [0.2, 0.25) is 0 Å². The molecule has 3 amide bonds. The molecule has 58 heavy (non-hydrogen) atoms. The Morgan fingerprint density at radius 1 is 0.862 bits per heavy atom. The van der Waals surface area contributed by atoms with E-state index in [0.29, 0.717) is 36.9 Å². The summed E-state index contributed by atoms with van der Waals surface area (Å²) >= 11 is 3.24. The number of aryl methyl sites for hydroxylation is 1. The molecule has 0 saturated carbocycles. The summed E-state index contributed by atoms with van der Waals surface area (Å²) < 4.78 is 11.9. The summed E-state index contributed by atoms with van der Waals surface area (Å²) in [5, 5.41) is 2.71. The van der Waals surface area contributed by atoms with Crippen LogP contribution in [0.15, 0.2) is 28.4 Å². The molecule has 0 aromatic carbocycles. The minimum atomic E-state index is -0.707. The molecule has 0 bridgehead atoms. The number of esters is 1. The number of nitrogens with one attached hydrogen (secondary N) is 2. The zero-order valence-electron chi connectivity index (χ0n) is 35.1. The number of thiophene rings is 2. The number of carbonyl (C=O) groups excluding carboxylic acids is 4. The molecule has 6 heterocycles. The van der Waals surface area contributed by atoms with E-state index in [0.717, 1.165) is 54.7 Å². The number of H-pyrrole nitrogens is 1. The van der Waals surface area contributed by atoms with E-state index in [-0.39, 0.29) is 54.0 Å². The fourth-order valence-electron chi connectivity index (χ4n) is 8.05. The molecular formula is C44H54N6O6S2. The van der Waals surface area contributed by atoms with E-state index in [9.17, 15) is 19.2 Å². The number of ether oxygens (including phenoxy) is 2. The molecule has 12 nitrogen and oxygen atoms in total. The lowest BCUT2D eigenvalue weighted by molar-refractivity contribution is -0.148. The molecule has 0 spiro atoms. The number of aromatic nitrogens is 2. The van der Waals surface area contributed by atoms with Crippen molar-refractivity contribution in [1.29, 1.82) is 0 Å². The van der Waals surface area contributed by atoms with Crippen molar-refractivity contribution in [3.8, 4) is 23.7 Å². The molecule has 3 aliphatic heterocycles. The molecule has 3 aromatic rings. The van der Waals surface area contributed by atoms with Crippen molar-refractivity contribution < 1.29 is 28.7 Å². The first-order valence-electron chi connectivity index (χ1n) is 20.0. The summed E-state index contributed by atoms with van der Waals surface area (Å²) in [5.41, 5.74) is 4.29. The van der Waals surface area contributed by atoms with Crippen LogP contribution < -0.4 is 5.32 Å². The average molecular weight is 827 g/mol. The molecule has 0 radical (unpaired) electrons. The van der Waals surface area contributed by atoms with Crippen LogP contribution in [-0.4, -0.2) is 88.7 Å². The average Bonchev–Trinajstić information content (AvgIpc) is 4.03. The van der Waals surface area contributed by atoms with Crippen LogP contribution in [0.3, 0.4) is 0 Å². The number of rotatable bonds is 9. The van der Waals surface area contributed by atoms with Gasteiger partial charge in [-0.2, -0.15) is 0 Å². The van der Waals surface area contributed by atoms with Gasteiger partial charge in [0.15, 0.2) is 0 Å². The van der Waals surface area contributed by atoms with Gasteiger partial charge in [-0.15, -0.1) is 22.7 Å². The van der Waals surface area contributed by atoms with E-state index in [4.69, 9.17) is 19.5 Å². The van der Waals surface area contributed by atoms with Crippen molar-refractivity contribution in [2.75, 3.05) is 27.3 Å². The number of alkyl carbamates (subject to hydrolysis) is 1. The Balaban J connectivity index is 1.11. The number of hydrogen-bond donors (Lipinski definition) is 2. The predicted octanol–water partition coefficient (Wildman–Crippen LogP) is 7.23. The SMILES string of the molecule is COC(=O)C[C@H](C(=O)N1C[C@@H](C)C[C@H]1C1=NC(C)=C(C#Cc2cc3sc(C#Cc4nc([C@@H]5C[C@H](C)CN5C(=O)[C@@H](NC(=O)OC)C(C)C)[nH]c4C)cc3s2)C1)C(C)C. The van der Waals surface area contributed by atoms with Gasteiger partial charge in [-0.05, 0) is 74.3 Å². The van der Waals surface area contributed by atoms with Gasteiger partial charge < -0.3 is 29.6 Å². The highest BCUT2D eigenvalue weighted by molar-refractivity contribution is 7.28. The fourth-order valence-corrected chi connectivity index (χ4v) is 10.2. The second kappa shape index (κ2) is 17.9. The number of aromatic amines is 1. The summed E-state index contributed by atoms with van der Waals surface area (Å²) in [5.74, 6) is 13.5. The Bertz CT molecular complexity index is 2240. The highest BCUT2D eigenvalue weighted by atomic mass is 32.1. The third-order valence-corrected chi connectivity index (χ3v) is 13.4. The third kappa shape index (κ3) is 9.35. The van der Waals surface area contributed by atoms with Crippen LogP contribution in [0.25, 0.3) is 9.40 Å². The lowest BCUT2D eigenvalue weighted by Crippen LogP contribution is -2.51. The number of nitrogens with zero attached hydrogens (tertiary/aromatic N) is 4. The minimum absolute atomic E-state index is 0.00681. The normalized spacial score (nSPS) is 21.5. The van der Waals surface area contributed by atoms with E-state index in [1.807, 2.05) is 51.3 Å². The molecule has 308 valence electrons. The zero-order chi connectivity index (χ0) is 42.0. The Hall–Kier alpha value is -4.92.